The van der Waals surface area contributed by atoms with Gasteiger partial charge in [-0.1, -0.05) is 12.1 Å². The van der Waals surface area contributed by atoms with Crippen LogP contribution in [0.5, 0.6) is 0 Å². The molecule has 0 spiro atoms. The summed E-state index contributed by atoms with van der Waals surface area (Å²) >= 11 is 0. The summed E-state index contributed by atoms with van der Waals surface area (Å²) < 4.78 is 0. The van der Waals surface area contributed by atoms with Gasteiger partial charge in [0.25, 0.3) is 0 Å². The van der Waals surface area contributed by atoms with Crippen LogP contribution in [-0.4, -0.2) is 15.4 Å². The van der Waals surface area contributed by atoms with E-state index in [9.17, 15) is 10.1 Å². The molecule has 90 valence electrons. The number of para-hydroxylation sites is 1. The van der Waals surface area contributed by atoms with Crippen LogP contribution in [-0.2, 0) is 6.42 Å². The molecule has 2 aromatic rings. The van der Waals surface area contributed by atoms with Crippen LogP contribution in [0, 0.1) is 10.1 Å². The number of aromatic amines is 1. The van der Waals surface area contributed by atoms with Gasteiger partial charge in [-0.05, 0) is 11.6 Å². The molecule has 1 aromatic heterocycles. The minimum Gasteiger partial charge on any atom is -0.397 e. The number of nitrogens with one attached hydrogen (secondary N) is 1. The van der Waals surface area contributed by atoms with Gasteiger partial charge >= 0.3 is 0 Å². The Kier molecular flexibility index (Phi) is 2.53. The largest absolute Gasteiger partial charge is 0.397 e. The third-order valence-electron chi connectivity index (χ3n) is 2.95. The summed E-state index contributed by atoms with van der Waals surface area (Å²) in [6.45, 7) is 3.25. The quantitative estimate of drug-likeness (QED) is 0.484. The lowest BCUT2D eigenvalue weighted by atomic mass is 9.95. The van der Waals surface area contributed by atoms with E-state index >= 15 is 0 Å². The van der Waals surface area contributed by atoms with E-state index in [2.05, 4.69) is 4.98 Å². The molecule has 0 saturated carbocycles. The van der Waals surface area contributed by atoms with Crippen molar-refractivity contribution in [2.45, 2.75) is 25.8 Å². The lowest BCUT2D eigenvalue weighted by Crippen LogP contribution is -2.33. The van der Waals surface area contributed by atoms with Gasteiger partial charge in [-0.25, -0.2) is 0 Å². The Bertz CT molecular complexity index is 572. The van der Waals surface area contributed by atoms with Crippen molar-refractivity contribution in [2.75, 3.05) is 5.73 Å². The Morgan fingerprint density at radius 2 is 2.18 bits per heavy atom. The van der Waals surface area contributed by atoms with Crippen LogP contribution in [0.4, 0.5) is 5.69 Å². The van der Waals surface area contributed by atoms with Crippen LogP contribution in [0.1, 0.15) is 19.4 Å². The third kappa shape index (κ3) is 1.95. The summed E-state index contributed by atoms with van der Waals surface area (Å²) in [5, 5.41) is 11.9. The highest BCUT2D eigenvalue weighted by Gasteiger charge is 2.31. The number of hydrogen-bond acceptors (Lipinski definition) is 3. The average molecular weight is 233 g/mol. The summed E-state index contributed by atoms with van der Waals surface area (Å²) in [5.41, 5.74) is 7.29. The Labute approximate surface area is 98.8 Å². The number of benzene rings is 1. The van der Waals surface area contributed by atoms with Gasteiger partial charge in [-0.2, -0.15) is 0 Å². The van der Waals surface area contributed by atoms with Crippen LogP contribution in [0.3, 0.4) is 0 Å². The van der Waals surface area contributed by atoms with Crippen molar-refractivity contribution in [3.63, 3.8) is 0 Å². The van der Waals surface area contributed by atoms with Gasteiger partial charge in [0, 0.05) is 36.8 Å². The molecule has 5 heteroatoms. The first-order valence-electron chi connectivity index (χ1n) is 5.41. The van der Waals surface area contributed by atoms with Crippen molar-refractivity contribution < 1.29 is 4.92 Å². The van der Waals surface area contributed by atoms with E-state index in [4.69, 9.17) is 5.73 Å². The topological polar surface area (TPSA) is 85.0 Å². The molecule has 17 heavy (non-hydrogen) atoms. The SMILES string of the molecule is CC(C)(Cc1c[nH]c2c(N)cccc12)[N+](=O)[O-]. The molecule has 0 saturated heterocycles. The minimum absolute atomic E-state index is 0.252. The lowest BCUT2D eigenvalue weighted by Gasteiger charge is -2.14. The molecule has 0 atom stereocenters. The van der Waals surface area contributed by atoms with Crippen molar-refractivity contribution in [1.29, 1.82) is 0 Å². The second-order valence-electron chi connectivity index (χ2n) is 4.83. The van der Waals surface area contributed by atoms with Crippen LogP contribution in [0.15, 0.2) is 24.4 Å². The van der Waals surface area contributed by atoms with Crippen molar-refractivity contribution in [3.8, 4) is 0 Å². The van der Waals surface area contributed by atoms with Crippen molar-refractivity contribution >= 4 is 16.6 Å². The fraction of sp³-hybridized carbons (Fsp3) is 0.333. The van der Waals surface area contributed by atoms with Gasteiger partial charge in [0.1, 0.15) is 0 Å². The summed E-state index contributed by atoms with van der Waals surface area (Å²) in [6, 6.07) is 5.59. The molecule has 3 N–H and O–H groups in total. The second-order valence-corrected chi connectivity index (χ2v) is 4.83. The summed E-state index contributed by atoms with van der Waals surface area (Å²) in [7, 11) is 0. The number of nitrogens with zero attached hydrogens (tertiary/aromatic N) is 1. The van der Waals surface area contributed by atoms with Gasteiger partial charge < -0.3 is 10.7 Å². The Balaban J connectivity index is 2.44. The molecule has 1 aromatic carbocycles. The average Bonchev–Trinajstić information content (AvgIpc) is 2.62. The first-order valence-corrected chi connectivity index (χ1v) is 5.41. The van der Waals surface area contributed by atoms with E-state index in [-0.39, 0.29) is 4.92 Å². The number of hydrogen-bond donors (Lipinski definition) is 2. The van der Waals surface area contributed by atoms with Crippen molar-refractivity contribution in [2.24, 2.45) is 0 Å². The molecule has 0 fully saturated rings. The lowest BCUT2D eigenvalue weighted by molar-refractivity contribution is -0.560. The molecular formula is C12H15N3O2. The maximum absolute atomic E-state index is 10.9. The summed E-state index contributed by atoms with van der Waals surface area (Å²) in [4.78, 5) is 13.7. The molecule has 0 bridgehead atoms. The van der Waals surface area contributed by atoms with Crippen LogP contribution in [0.25, 0.3) is 10.9 Å². The molecule has 1 heterocycles. The maximum Gasteiger partial charge on any atom is 0.220 e. The zero-order chi connectivity index (χ0) is 12.6. The minimum atomic E-state index is -0.972. The normalized spacial score (nSPS) is 11.9. The van der Waals surface area contributed by atoms with Crippen LogP contribution < -0.4 is 5.73 Å². The highest BCUT2D eigenvalue weighted by atomic mass is 16.6. The third-order valence-corrected chi connectivity index (χ3v) is 2.95. The zero-order valence-electron chi connectivity index (χ0n) is 9.86. The molecule has 0 aliphatic heterocycles. The van der Waals surface area contributed by atoms with E-state index in [0.717, 1.165) is 16.5 Å². The van der Waals surface area contributed by atoms with E-state index in [0.29, 0.717) is 12.1 Å². The van der Waals surface area contributed by atoms with Gasteiger partial charge in [-0.15, -0.1) is 0 Å². The number of nitrogen functional groups attached to an aromatic ring is 1. The predicted octanol–water partition coefficient (Wildman–Crippen LogP) is 2.35. The molecule has 0 amide bonds. The monoisotopic (exact) mass is 233 g/mol. The predicted molar refractivity (Wildman–Crippen MR) is 67.5 cm³/mol. The standard InChI is InChI=1S/C12H15N3O2/c1-12(2,15(16)17)6-8-7-14-11-9(8)4-3-5-10(11)13/h3-5,7,14H,6,13H2,1-2H3. The number of nitro groups is 1. The number of anilines is 1. The molecular weight excluding hydrogens is 218 g/mol. The van der Waals surface area contributed by atoms with E-state index in [1.807, 2.05) is 12.1 Å². The highest BCUT2D eigenvalue weighted by molar-refractivity contribution is 5.92. The van der Waals surface area contributed by atoms with E-state index < -0.39 is 5.54 Å². The molecule has 0 radical (unpaired) electrons. The van der Waals surface area contributed by atoms with Gasteiger partial charge in [0.2, 0.25) is 5.54 Å². The van der Waals surface area contributed by atoms with Gasteiger partial charge in [0.15, 0.2) is 0 Å². The number of rotatable bonds is 3. The number of nitrogens with two attached hydrogens (primary N) is 1. The van der Waals surface area contributed by atoms with Crippen molar-refractivity contribution in [3.05, 3.63) is 40.1 Å². The molecule has 0 aliphatic rings. The Hall–Kier alpha value is -2.04. The zero-order valence-corrected chi connectivity index (χ0v) is 9.86. The summed E-state index contributed by atoms with van der Waals surface area (Å²) in [5.74, 6) is 0. The first-order chi connectivity index (χ1) is 7.92. The molecule has 5 nitrogen and oxygen atoms in total. The molecule has 0 unspecified atom stereocenters. The fourth-order valence-electron chi connectivity index (χ4n) is 1.91. The second kappa shape index (κ2) is 3.76. The molecule has 2 rings (SSSR count). The highest BCUT2D eigenvalue weighted by Crippen LogP contribution is 2.26. The number of H-pyrrole nitrogens is 1. The fourth-order valence-corrected chi connectivity index (χ4v) is 1.91. The Morgan fingerprint density at radius 3 is 2.82 bits per heavy atom. The van der Waals surface area contributed by atoms with Gasteiger partial charge in [0.05, 0.1) is 11.2 Å². The summed E-state index contributed by atoms with van der Waals surface area (Å²) in [6.07, 6.45) is 2.18. The van der Waals surface area contributed by atoms with E-state index in [1.165, 1.54) is 0 Å². The molecule has 0 aliphatic carbocycles. The van der Waals surface area contributed by atoms with Gasteiger partial charge in [-0.3, -0.25) is 10.1 Å². The van der Waals surface area contributed by atoms with Crippen molar-refractivity contribution in [1.82, 2.24) is 4.98 Å². The number of aromatic nitrogens is 1. The van der Waals surface area contributed by atoms with Crippen LogP contribution in [0.2, 0.25) is 0 Å². The smallest absolute Gasteiger partial charge is 0.220 e. The van der Waals surface area contributed by atoms with E-state index in [1.54, 1.807) is 26.1 Å². The number of fused-ring (bicyclic) bond motifs is 1. The Morgan fingerprint density at radius 1 is 1.47 bits per heavy atom. The maximum atomic E-state index is 10.9. The van der Waals surface area contributed by atoms with Crippen LogP contribution >= 0.6 is 0 Å². The first kappa shape index (κ1) is 11.4.